The number of pyridine rings is 1. The van der Waals surface area contributed by atoms with Crippen molar-refractivity contribution < 1.29 is 19.4 Å². The molecule has 35 heavy (non-hydrogen) atoms. The molecule has 1 aliphatic heterocycles. The number of aromatic amines is 1. The molecule has 0 unspecified atom stereocenters. The number of nitrogens with one attached hydrogen (secondary N) is 1. The number of carbonyl (C=O) groups is 2. The number of hydrogen-bond acceptors (Lipinski definition) is 5. The number of benzene rings is 2. The van der Waals surface area contributed by atoms with Gasteiger partial charge in [-0.1, -0.05) is 34.1 Å². The van der Waals surface area contributed by atoms with Crippen molar-refractivity contribution >= 4 is 44.3 Å². The van der Waals surface area contributed by atoms with Gasteiger partial charge in [0.25, 0.3) is 11.7 Å². The van der Waals surface area contributed by atoms with Crippen LogP contribution in [0, 0.1) is 0 Å². The molecule has 1 aliphatic rings. The average Bonchev–Trinajstić information content (AvgIpc) is 3.40. The van der Waals surface area contributed by atoms with Gasteiger partial charge >= 0.3 is 0 Å². The number of aromatic nitrogens is 2. The summed E-state index contributed by atoms with van der Waals surface area (Å²) in [7, 11) is 1.62. The molecule has 5 rings (SSSR count). The quantitative estimate of drug-likeness (QED) is 0.207. The van der Waals surface area contributed by atoms with Crippen LogP contribution in [0.15, 0.2) is 83.2 Å². The third kappa shape index (κ3) is 4.21. The van der Waals surface area contributed by atoms with Gasteiger partial charge in [-0.3, -0.25) is 14.6 Å². The number of nitrogens with zero attached hydrogens (tertiary/aromatic N) is 2. The third-order valence-corrected chi connectivity index (χ3v) is 6.78. The molecule has 1 atom stereocenters. The highest BCUT2D eigenvalue weighted by atomic mass is 79.9. The predicted octanol–water partition coefficient (Wildman–Crippen LogP) is 5.00. The molecule has 1 fully saturated rings. The van der Waals surface area contributed by atoms with Crippen molar-refractivity contribution in [2.75, 3.05) is 13.7 Å². The number of H-pyrrole nitrogens is 1. The fourth-order valence-electron chi connectivity index (χ4n) is 4.49. The van der Waals surface area contributed by atoms with E-state index in [1.54, 1.807) is 49.8 Å². The van der Waals surface area contributed by atoms with E-state index in [0.717, 1.165) is 26.7 Å². The lowest BCUT2D eigenvalue weighted by atomic mass is 9.96. The van der Waals surface area contributed by atoms with Gasteiger partial charge in [-0.2, -0.15) is 0 Å². The van der Waals surface area contributed by atoms with Crippen LogP contribution in [-0.4, -0.2) is 45.3 Å². The number of fused-ring (bicyclic) bond motifs is 1. The second-order valence-electron chi connectivity index (χ2n) is 8.26. The molecule has 3 heterocycles. The van der Waals surface area contributed by atoms with Crippen LogP contribution in [0.25, 0.3) is 16.7 Å². The summed E-state index contributed by atoms with van der Waals surface area (Å²) in [6.45, 7) is 0.283. The topological polar surface area (TPSA) is 95.5 Å². The number of ketones is 1. The Hall–Kier alpha value is -3.91. The minimum Gasteiger partial charge on any atom is -0.507 e. The van der Waals surface area contributed by atoms with Crippen molar-refractivity contribution in [2.45, 2.75) is 12.5 Å². The van der Waals surface area contributed by atoms with Crippen LogP contribution in [0.1, 0.15) is 22.7 Å². The molecule has 0 saturated carbocycles. The van der Waals surface area contributed by atoms with Crippen LogP contribution in [0.4, 0.5) is 0 Å². The van der Waals surface area contributed by atoms with E-state index in [4.69, 9.17) is 4.74 Å². The van der Waals surface area contributed by atoms with E-state index in [0.29, 0.717) is 17.5 Å². The molecule has 2 aromatic heterocycles. The van der Waals surface area contributed by atoms with Crippen LogP contribution in [-0.2, 0) is 16.0 Å². The van der Waals surface area contributed by atoms with Gasteiger partial charge in [0.15, 0.2) is 0 Å². The van der Waals surface area contributed by atoms with Gasteiger partial charge < -0.3 is 19.7 Å². The fraction of sp³-hybridized carbons (Fsp3) is 0.148. The standard InChI is InChI=1S/C27H22BrN3O4/c1-35-20-8-9-22-21(13-20)17(15-30-22)10-12-31-24(18-3-2-11-29-14-18)23(26(33)27(31)34)25(32)16-4-6-19(28)7-5-16/h2-9,11,13-15,24,30,32H,10,12H2,1H3/t24-/m0/s1. The molecule has 2 aromatic carbocycles. The van der Waals surface area contributed by atoms with E-state index in [-0.39, 0.29) is 17.9 Å². The molecule has 2 N–H and O–H groups in total. The number of Topliss-reactive ketones (excluding diaryl/α,β-unsaturated/α-hetero) is 1. The SMILES string of the molecule is COc1ccc2[nH]cc(CCN3C(=O)C(=O)C(=C(O)c4ccc(Br)cc4)[C@@H]3c3cccnc3)c2c1. The van der Waals surface area contributed by atoms with Gasteiger partial charge in [-0.15, -0.1) is 0 Å². The van der Waals surface area contributed by atoms with Crippen molar-refractivity contribution in [3.8, 4) is 5.75 Å². The van der Waals surface area contributed by atoms with E-state index < -0.39 is 17.7 Å². The van der Waals surface area contributed by atoms with Crippen molar-refractivity contribution in [1.82, 2.24) is 14.9 Å². The number of rotatable bonds is 6. The van der Waals surface area contributed by atoms with Gasteiger partial charge in [0.2, 0.25) is 0 Å². The number of aliphatic hydroxyl groups is 1. The Morgan fingerprint density at radius 1 is 1.17 bits per heavy atom. The number of halogens is 1. The highest BCUT2D eigenvalue weighted by Gasteiger charge is 2.46. The van der Waals surface area contributed by atoms with Crippen molar-refractivity contribution in [2.24, 2.45) is 0 Å². The molecule has 176 valence electrons. The van der Waals surface area contributed by atoms with Crippen molar-refractivity contribution in [3.63, 3.8) is 0 Å². The maximum atomic E-state index is 13.2. The molecular weight excluding hydrogens is 510 g/mol. The van der Waals surface area contributed by atoms with Gasteiger partial charge in [0.1, 0.15) is 11.5 Å². The van der Waals surface area contributed by atoms with Gasteiger partial charge in [0, 0.05) is 46.1 Å². The third-order valence-electron chi connectivity index (χ3n) is 6.25. The highest BCUT2D eigenvalue weighted by molar-refractivity contribution is 9.10. The Kier molecular flexibility index (Phi) is 6.13. The first-order chi connectivity index (χ1) is 17.0. The number of ether oxygens (including phenoxy) is 1. The minimum absolute atomic E-state index is 0.0610. The second-order valence-corrected chi connectivity index (χ2v) is 9.18. The largest absolute Gasteiger partial charge is 0.507 e. The Morgan fingerprint density at radius 2 is 1.97 bits per heavy atom. The molecular formula is C27H22BrN3O4. The molecule has 4 aromatic rings. The molecule has 7 nitrogen and oxygen atoms in total. The maximum absolute atomic E-state index is 13.2. The molecule has 0 aliphatic carbocycles. The highest BCUT2D eigenvalue weighted by Crippen LogP contribution is 2.39. The molecule has 0 bridgehead atoms. The number of carbonyl (C=O) groups excluding carboxylic acids is 2. The zero-order valence-corrected chi connectivity index (χ0v) is 20.5. The number of methoxy groups -OCH3 is 1. The minimum atomic E-state index is -0.743. The summed E-state index contributed by atoms with van der Waals surface area (Å²) < 4.78 is 6.19. The van der Waals surface area contributed by atoms with Crippen LogP contribution >= 0.6 is 15.9 Å². The summed E-state index contributed by atoms with van der Waals surface area (Å²) in [5, 5.41) is 12.1. The van der Waals surface area contributed by atoms with Crippen molar-refractivity contribution in [3.05, 3.63) is 99.9 Å². The smallest absolute Gasteiger partial charge is 0.295 e. The van der Waals surface area contributed by atoms with E-state index in [2.05, 4.69) is 25.9 Å². The second kappa shape index (κ2) is 9.38. The number of aliphatic hydroxyl groups excluding tert-OH is 1. The van der Waals surface area contributed by atoms with E-state index in [9.17, 15) is 14.7 Å². The van der Waals surface area contributed by atoms with Crippen molar-refractivity contribution in [1.29, 1.82) is 0 Å². The summed E-state index contributed by atoms with van der Waals surface area (Å²) in [6.07, 6.45) is 5.66. The summed E-state index contributed by atoms with van der Waals surface area (Å²) in [6, 6.07) is 15.5. The lowest BCUT2D eigenvalue weighted by Gasteiger charge is -2.25. The average molecular weight is 532 g/mol. The van der Waals surface area contributed by atoms with E-state index in [1.165, 1.54) is 4.90 Å². The normalized spacial score (nSPS) is 17.3. The van der Waals surface area contributed by atoms with Crippen LogP contribution in [0.3, 0.4) is 0 Å². The Bertz CT molecular complexity index is 1440. The predicted molar refractivity (Wildman–Crippen MR) is 136 cm³/mol. The first-order valence-corrected chi connectivity index (χ1v) is 11.9. The van der Waals surface area contributed by atoms with Crippen LogP contribution < -0.4 is 4.74 Å². The number of likely N-dealkylation sites (tertiary alicyclic amines) is 1. The Morgan fingerprint density at radius 3 is 2.69 bits per heavy atom. The van der Waals surface area contributed by atoms with Crippen LogP contribution in [0.5, 0.6) is 5.75 Å². The molecule has 0 spiro atoms. The first-order valence-electron chi connectivity index (χ1n) is 11.1. The number of hydrogen-bond donors (Lipinski definition) is 2. The molecule has 1 saturated heterocycles. The zero-order valence-electron chi connectivity index (χ0n) is 18.9. The van der Waals surface area contributed by atoms with E-state index in [1.807, 2.05) is 30.5 Å². The monoisotopic (exact) mass is 531 g/mol. The van der Waals surface area contributed by atoms with Gasteiger partial charge in [-0.05, 0) is 53.9 Å². The van der Waals surface area contributed by atoms with Crippen LogP contribution in [0.2, 0.25) is 0 Å². The summed E-state index contributed by atoms with van der Waals surface area (Å²) in [5.41, 5.74) is 3.14. The Balaban J connectivity index is 1.54. The number of amides is 1. The molecule has 0 radical (unpaired) electrons. The molecule has 1 amide bonds. The Labute approximate surface area is 210 Å². The zero-order chi connectivity index (χ0) is 24.5. The maximum Gasteiger partial charge on any atom is 0.295 e. The van der Waals surface area contributed by atoms with Gasteiger partial charge in [0.05, 0.1) is 18.7 Å². The summed E-state index contributed by atoms with van der Waals surface area (Å²) >= 11 is 3.38. The van der Waals surface area contributed by atoms with E-state index >= 15 is 0 Å². The summed E-state index contributed by atoms with van der Waals surface area (Å²) in [5.74, 6) is -0.817. The first kappa shape index (κ1) is 22.9. The summed E-state index contributed by atoms with van der Waals surface area (Å²) in [4.78, 5) is 35.3. The molecule has 8 heteroatoms. The lowest BCUT2D eigenvalue weighted by molar-refractivity contribution is -0.139. The lowest BCUT2D eigenvalue weighted by Crippen LogP contribution is -2.31. The van der Waals surface area contributed by atoms with Gasteiger partial charge in [-0.25, -0.2) is 0 Å². The fourth-order valence-corrected chi connectivity index (χ4v) is 4.75.